The van der Waals surface area contributed by atoms with Crippen molar-refractivity contribution in [2.24, 2.45) is 0 Å². The molecular formula is C20H29N5O3. The highest BCUT2D eigenvalue weighted by molar-refractivity contribution is 5.94. The summed E-state index contributed by atoms with van der Waals surface area (Å²) in [6, 6.07) is 5.40. The zero-order chi connectivity index (χ0) is 19.9. The standard InChI is InChI=1S/C20H29N5O3/c1-3-16-18(19(26)28-4-2)17(23-20(27)22-16)14-25-11-9-24(10-12-25)13-15-7-5-6-8-21-15/h5-8,16H,3-4,9-14H2,1-2H3,(H2,22,23,27). The first-order chi connectivity index (χ1) is 13.6. The van der Waals surface area contributed by atoms with E-state index in [1.165, 1.54) is 0 Å². The number of esters is 1. The smallest absolute Gasteiger partial charge is 0.337 e. The zero-order valence-corrected chi connectivity index (χ0v) is 16.6. The molecule has 1 fully saturated rings. The second-order valence-corrected chi connectivity index (χ2v) is 7.05. The van der Waals surface area contributed by atoms with Crippen LogP contribution < -0.4 is 10.6 Å². The largest absolute Gasteiger partial charge is 0.463 e. The number of hydrogen-bond acceptors (Lipinski definition) is 6. The molecule has 152 valence electrons. The molecule has 0 saturated carbocycles. The van der Waals surface area contributed by atoms with E-state index < -0.39 is 0 Å². The molecule has 2 aliphatic rings. The molecule has 1 unspecified atom stereocenters. The lowest BCUT2D eigenvalue weighted by atomic mass is 10.00. The van der Waals surface area contributed by atoms with E-state index in [-0.39, 0.29) is 18.0 Å². The van der Waals surface area contributed by atoms with Gasteiger partial charge in [-0.3, -0.25) is 14.8 Å². The van der Waals surface area contributed by atoms with Crippen LogP contribution in [0.2, 0.25) is 0 Å². The molecule has 8 heteroatoms. The lowest BCUT2D eigenvalue weighted by Crippen LogP contribution is -2.53. The second kappa shape index (κ2) is 9.66. The summed E-state index contributed by atoms with van der Waals surface area (Å²) in [6.07, 6.45) is 2.46. The van der Waals surface area contributed by atoms with Crippen LogP contribution in [0, 0.1) is 0 Å². The summed E-state index contributed by atoms with van der Waals surface area (Å²) in [5.74, 6) is -0.356. The van der Waals surface area contributed by atoms with Gasteiger partial charge >= 0.3 is 12.0 Å². The summed E-state index contributed by atoms with van der Waals surface area (Å²) in [4.78, 5) is 33.5. The summed E-state index contributed by atoms with van der Waals surface area (Å²) in [5.41, 5.74) is 2.27. The van der Waals surface area contributed by atoms with Gasteiger partial charge < -0.3 is 15.4 Å². The predicted octanol–water partition coefficient (Wildman–Crippen LogP) is 1.11. The molecule has 2 amide bonds. The van der Waals surface area contributed by atoms with Gasteiger partial charge in [-0.2, -0.15) is 0 Å². The van der Waals surface area contributed by atoms with Crippen LogP contribution in [0.5, 0.6) is 0 Å². The highest BCUT2D eigenvalue weighted by Gasteiger charge is 2.32. The Labute approximate surface area is 165 Å². The first-order valence-corrected chi connectivity index (χ1v) is 9.93. The summed E-state index contributed by atoms with van der Waals surface area (Å²) in [6.45, 7) is 8.99. The van der Waals surface area contributed by atoms with E-state index in [0.29, 0.717) is 30.8 Å². The zero-order valence-electron chi connectivity index (χ0n) is 16.6. The van der Waals surface area contributed by atoms with Crippen LogP contribution in [-0.4, -0.2) is 72.2 Å². The number of carbonyl (C=O) groups excluding carboxylic acids is 2. The molecular weight excluding hydrogens is 358 g/mol. The van der Waals surface area contributed by atoms with Gasteiger partial charge in [-0.15, -0.1) is 0 Å². The molecule has 1 atom stereocenters. The van der Waals surface area contributed by atoms with Crippen LogP contribution in [0.3, 0.4) is 0 Å². The van der Waals surface area contributed by atoms with Gasteiger partial charge in [0.1, 0.15) is 0 Å². The van der Waals surface area contributed by atoms with Crippen molar-refractivity contribution < 1.29 is 14.3 Å². The van der Waals surface area contributed by atoms with E-state index in [4.69, 9.17) is 4.74 Å². The molecule has 3 rings (SSSR count). The molecule has 0 radical (unpaired) electrons. The number of nitrogens with zero attached hydrogens (tertiary/aromatic N) is 3. The summed E-state index contributed by atoms with van der Waals surface area (Å²) >= 11 is 0. The number of amides is 2. The van der Waals surface area contributed by atoms with Gasteiger partial charge in [0.15, 0.2) is 0 Å². The molecule has 1 aromatic heterocycles. The topological polar surface area (TPSA) is 86.8 Å². The Balaban J connectivity index is 1.63. The number of rotatable bonds is 7. The van der Waals surface area contributed by atoms with Gasteiger partial charge in [-0.25, -0.2) is 9.59 Å². The molecule has 28 heavy (non-hydrogen) atoms. The fraction of sp³-hybridized carbons (Fsp3) is 0.550. The number of carbonyl (C=O) groups is 2. The molecule has 0 aliphatic carbocycles. The second-order valence-electron chi connectivity index (χ2n) is 7.05. The minimum atomic E-state index is -0.356. The van der Waals surface area contributed by atoms with Crippen molar-refractivity contribution in [3.8, 4) is 0 Å². The molecule has 3 heterocycles. The van der Waals surface area contributed by atoms with E-state index >= 15 is 0 Å². The lowest BCUT2D eigenvalue weighted by molar-refractivity contribution is -0.139. The maximum Gasteiger partial charge on any atom is 0.337 e. The van der Waals surface area contributed by atoms with E-state index in [9.17, 15) is 9.59 Å². The molecule has 2 N–H and O–H groups in total. The Morgan fingerprint density at radius 3 is 2.50 bits per heavy atom. The maximum atomic E-state index is 12.5. The van der Waals surface area contributed by atoms with Crippen molar-refractivity contribution in [3.63, 3.8) is 0 Å². The third-order valence-corrected chi connectivity index (χ3v) is 5.11. The highest BCUT2D eigenvalue weighted by atomic mass is 16.5. The minimum absolute atomic E-state index is 0.260. The van der Waals surface area contributed by atoms with Crippen molar-refractivity contribution in [1.29, 1.82) is 0 Å². The SMILES string of the molecule is CCOC(=O)C1=C(CN2CCN(Cc3ccccn3)CC2)NC(=O)NC1CC. The van der Waals surface area contributed by atoms with Gasteiger partial charge in [0, 0.05) is 51.2 Å². The Hall–Kier alpha value is -2.45. The van der Waals surface area contributed by atoms with E-state index in [1.54, 1.807) is 6.92 Å². The van der Waals surface area contributed by atoms with Crippen LogP contribution in [-0.2, 0) is 16.1 Å². The monoisotopic (exact) mass is 387 g/mol. The van der Waals surface area contributed by atoms with Gasteiger partial charge in [-0.1, -0.05) is 13.0 Å². The summed E-state index contributed by atoms with van der Waals surface area (Å²) < 4.78 is 5.23. The first kappa shape index (κ1) is 20.3. The number of nitrogens with one attached hydrogen (secondary N) is 2. The van der Waals surface area contributed by atoms with E-state index in [1.807, 2.05) is 31.3 Å². The van der Waals surface area contributed by atoms with Crippen LogP contribution >= 0.6 is 0 Å². The number of hydrogen-bond donors (Lipinski definition) is 2. The average molecular weight is 387 g/mol. The number of pyridine rings is 1. The van der Waals surface area contributed by atoms with Crippen molar-refractivity contribution in [2.45, 2.75) is 32.9 Å². The number of ether oxygens (including phenoxy) is 1. The van der Waals surface area contributed by atoms with Crippen LogP contribution in [0.1, 0.15) is 26.0 Å². The molecule has 1 saturated heterocycles. The number of aromatic nitrogens is 1. The minimum Gasteiger partial charge on any atom is -0.463 e. The van der Waals surface area contributed by atoms with Gasteiger partial charge in [-0.05, 0) is 25.5 Å². The highest BCUT2D eigenvalue weighted by Crippen LogP contribution is 2.18. The number of urea groups is 1. The molecule has 8 nitrogen and oxygen atoms in total. The summed E-state index contributed by atoms with van der Waals surface area (Å²) in [5, 5.41) is 5.65. The quantitative estimate of drug-likeness (QED) is 0.682. The van der Waals surface area contributed by atoms with E-state index in [0.717, 1.165) is 38.4 Å². The van der Waals surface area contributed by atoms with Crippen LogP contribution in [0.15, 0.2) is 35.7 Å². The number of piperazine rings is 1. The fourth-order valence-corrected chi connectivity index (χ4v) is 3.64. The van der Waals surface area contributed by atoms with Crippen molar-refractivity contribution in [1.82, 2.24) is 25.4 Å². The predicted molar refractivity (Wildman–Crippen MR) is 105 cm³/mol. The Morgan fingerprint density at radius 1 is 1.18 bits per heavy atom. The summed E-state index contributed by atoms with van der Waals surface area (Å²) in [7, 11) is 0. The van der Waals surface area contributed by atoms with Crippen molar-refractivity contribution in [3.05, 3.63) is 41.4 Å². The average Bonchev–Trinajstić information content (AvgIpc) is 2.70. The van der Waals surface area contributed by atoms with Crippen LogP contribution in [0.4, 0.5) is 4.79 Å². The molecule has 1 aromatic rings. The molecule has 2 aliphatic heterocycles. The van der Waals surface area contributed by atoms with Gasteiger partial charge in [0.25, 0.3) is 0 Å². The van der Waals surface area contributed by atoms with Crippen molar-refractivity contribution in [2.75, 3.05) is 39.3 Å². The molecule has 0 spiro atoms. The van der Waals surface area contributed by atoms with Gasteiger partial charge in [0.05, 0.1) is 23.9 Å². The normalized spacial score (nSPS) is 21.2. The lowest BCUT2D eigenvalue weighted by Gasteiger charge is -2.36. The molecule has 0 aromatic carbocycles. The third-order valence-electron chi connectivity index (χ3n) is 5.11. The Kier molecular flexibility index (Phi) is 7.00. The first-order valence-electron chi connectivity index (χ1n) is 9.93. The molecule has 0 bridgehead atoms. The van der Waals surface area contributed by atoms with Crippen LogP contribution in [0.25, 0.3) is 0 Å². The third kappa shape index (κ3) is 5.08. The fourth-order valence-electron chi connectivity index (χ4n) is 3.64. The maximum absolute atomic E-state index is 12.5. The van der Waals surface area contributed by atoms with Crippen molar-refractivity contribution >= 4 is 12.0 Å². The van der Waals surface area contributed by atoms with Gasteiger partial charge in [0.2, 0.25) is 0 Å². The van der Waals surface area contributed by atoms with E-state index in [2.05, 4.69) is 25.4 Å². The Bertz CT molecular complexity index is 714. The Morgan fingerprint density at radius 2 is 1.89 bits per heavy atom.